The van der Waals surface area contributed by atoms with E-state index in [4.69, 9.17) is 24.5 Å². The molecule has 0 radical (unpaired) electrons. The number of hydrogen-bond acceptors (Lipinski definition) is 4. The fourth-order valence-corrected chi connectivity index (χ4v) is 3.55. The van der Waals surface area contributed by atoms with Crippen molar-refractivity contribution in [2.75, 3.05) is 46.4 Å². The van der Waals surface area contributed by atoms with E-state index < -0.39 is 0 Å². The molecule has 0 aliphatic carbocycles. The number of amides is 1. The number of piperazine rings is 1. The number of methoxy groups -OCH3 is 1. The molecule has 0 aromatic heterocycles. The molecule has 5 nitrogen and oxygen atoms in total. The molecule has 2 aromatic rings. The molecule has 0 bridgehead atoms. The molecular weight excluding hydrogens is 399 g/mol. The summed E-state index contributed by atoms with van der Waals surface area (Å²) in [5, 5.41) is 0. The van der Waals surface area contributed by atoms with Gasteiger partial charge in [0.2, 0.25) is 5.91 Å². The number of nitrogens with zero attached hydrogens (tertiary/aromatic N) is 2. The molecule has 0 N–H and O–H groups in total. The Kier molecular flexibility index (Phi) is 7.24. The van der Waals surface area contributed by atoms with E-state index in [0.717, 1.165) is 60.9 Å². The quantitative estimate of drug-likeness (QED) is 0.640. The van der Waals surface area contributed by atoms with Crippen molar-refractivity contribution in [2.24, 2.45) is 0 Å². The molecular formula is C22H26N2NiO3. The van der Waals surface area contributed by atoms with Crippen LogP contribution in [-0.4, -0.2) is 67.1 Å². The van der Waals surface area contributed by atoms with Crippen LogP contribution in [0.2, 0.25) is 0 Å². The van der Waals surface area contributed by atoms with Crippen molar-refractivity contribution < 1.29 is 29.3 Å². The summed E-state index contributed by atoms with van der Waals surface area (Å²) in [7, 11) is 1.65. The summed E-state index contributed by atoms with van der Waals surface area (Å²) in [6.45, 7) is 6.53. The molecule has 1 aliphatic heterocycles. The fraction of sp³-hybridized carbons (Fsp3) is 0.364. The molecule has 3 rings (SSSR count). The molecule has 1 amide bonds. The first kappa shape index (κ1) is 20.6. The van der Waals surface area contributed by atoms with Gasteiger partial charge in [-0.15, -0.1) is 0 Å². The number of carbonyl (C=O) groups excluding carboxylic acids is 1. The van der Waals surface area contributed by atoms with Crippen LogP contribution in [0.5, 0.6) is 11.5 Å². The minimum absolute atomic E-state index is 0.158. The number of hydrogen-bond donors (Lipinski definition) is 0. The van der Waals surface area contributed by atoms with Crippen molar-refractivity contribution in [2.45, 2.75) is 6.92 Å². The Morgan fingerprint density at radius 3 is 2.36 bits per heavy atom. The summed E-state index contributed by atoms with van der Waals surface area (Å²) in [4.78, 5) is 17.3. The van der Waals surface area contributed by atoms with Crippen molar-refractivity contribution >= 4 is 10.9 Å². The summed E-state index contributed by atoms with van der Waals surface area (Å²) in [6, 6.07) is 14.0. The zero-order valence-corrected chi connectivity index (χ0v) is 17.3. The standard InChI is InChI=1S/C22H26N2O3.Ni/c1-17-16-21(26-3)8-9-22(17)19-4-6-20(7-5-19)27-15-14-23-10-12-24(13-11-23)18(2)25;/h1,4-9,16H,10-15H2,2-3H3;. The molecule has 1 fully saturated rings. The Labute approximate surface area is 174 Å². The van der Waals surface area contributed by atoms with Crippen LogP contribution in [0.3, 0.4) is 0 Å². The van der Waals surface area contributed by atoms with Crippen molar-refractivity contribution in [1.82, 2.24) is 9.80 Å². The monoisotopic (exact) mass is 424 g/mol. The molecule has 2 aromatic carbocycles. The van der Waals surface area contributed by atoms with Crippen molar-refractivity contribution in [3.05, 3.63) is 48.0 Å². The molecule has 152 valence electrons. The van der Waals surface area contributed by atoms with Crippen LogP contribution in [0.15, 0.2) is 42.5 Å². The zero-order chi connectivity index (χ0) is 19.9. The molecule has 0 atom stereocenters. The van der Waals surface area contributed by atoms with Crippen LogP contribution in [0.4, 0.5) is 0 Å². The van der Waals surface area contributed by atoms with Gasteiger partial charge in [0.1, 0.15) is 0 Å². The van der Waals surface area contributed by atoms with Gasteiger partial charge in [-0.05, 0) is 0 Å². The maximum absolute atomic E-state index is 11.4. The molecule has 0 unspecified atom stereocenters. The van der Waals surface area contributed by atoms with Crippen LogP contribution in [0.1, 0.15) is 12.5 Å². The van der Waals surface area contributed by atoms with Gasteiger partial charge in [0, 0.05) is 20.0 Å². The first-order valence-corrected chi connectivity index (χ1v) is 9.96. The third-order valence-electron chi connectivity index (χ3n) is 5.02. The second-order valence-electron chi connectivity index (χ2n) is 6.77. The van der Waals surface area contributed by atoms with Crippen LogP contribution in [-0.2, 0) is 19.8 Å². The van der Waals surface area contributed by atoms with Gasteiger partial charge in [-0.2, -0.15) is 0 Å². The van der Waals surface area contributed by atoms with Crippen molar-refractivity contribution in [3.63, 3.8) is 0 Å². The van der Waals surface area contributed by atoms with Gasteiger partial charge in [0.05, 0.1) is 0 Å². The average molecular weight is 425 g/mol. The Bertz CT molecular complexity index is 815. The van der Waals surface area contributed by atoms with Crippen LogP contribution in [0, 0.1) is 0 Å². The molecule has 0 spiro atoms. The maximum atomic E-state index is 11.4. The number of benzene rings is 2. The SMILES string of the molecule is COc1ccc(-c2ccc(OCCN3CCN(C(C)=O)CC3)cc2)c([CH]=[Ni])c1. The van der Waals surface area contributed by atoms with Gasteiger partial charge in [-0.1, -0.05) is 0 Å². The summed E-state index contributed by atoms with van der Waals surface area (Å²) in [5.41, 5.74) is 3.17. The van der Waals surface area contributed by atoms with Crippen LogP contribution >= 0.6 is 0 Å². The number of rotatable bonds is 7. The minimum atomic E-state index is 0.158. The van der Waals surface area contributed by atoms with Gasteiger partial charge < -0.3 is 4.90 Å². The van der Waals surface area contributed by atoms with E-state index in [1.54, 1.807) is 19.0 Å². The Hall–Kier alpha value is -2.17. The fourth-order valence-electron chi connectivity index (χ4n) is 3.32. The van der Waals surface area contributed by atoms with E-state index in [0.29, 0.717) is 6.61 Å². The Morgan fingerprint density at radius 2 is 1.75 bits per heavy atom. The van der Waals surface area contributed by atoms with E-state index in [1.807, 2.05) is 35.2 Å². The summed E-state index contributed by atoms with van der Waals surface area (Å²) >= 11 is 4.84. The van der Waals surface area contributed by atoms with Gasteiger partial charge in [0.15, 0.2) is 0 Å². The summed E-state index contributed by atoms with van der Waals surface area (Å²) < 4.78 is 11.2. The van der Waals surface area contributed by atoms with Crippen molar-refractivity contribution in [1.29, 1.82) is 0 Å². The second kappa shape index (κ2) is 9.86. The van der Waals surface area contributed by atoms with Gasteiger partial charge in [0.25, 0.3) is 0 Å². The summed E-state index contributed by atoms with van der Waals surface area (Å²) in [5.74, 6) is 1.81. The van der Waals surface area contributed by atoms with E-state index in [9.17, 15) is 4.79 Å². The molecule has 0 saturated carbocycles. The predicted octanol–water partition coefficient (Wildman–Crippen LogP) is 2.60. The van der Waals surface area contributed by atoms with E-state index in [2.05, 4.69) is 17.0 Å². The normalized spacial score (nSPS) is 14.6. The summed E-state index contributed by atoms with van der Waals surface area (Å²) in [6.07, 6.45) is 0. The van der Waals surface area contributed by atoms with E-state index >= 15 is 0 Å². The Morgan fingerprint density at radius 1 is 1.07 bits per heavy atom. The van der Waals surface area contributed by atoms with E-state index in [-0.39, 0.29) is 5.91 Å². The predicted molar refractivity (Wildman–Crippen MR) is 108 cm³/mol. The van der Waals surface area contributed by atoms with Crippen molar-refractivity contribution in [3.8, 4) is 22.6 Å². The van der Waals surface area contributed by atoms with Crippen LogP contribution < -0.4 is 9.47 Å². The number of ether oxygens (including phenoxy) is 2. The number of carbonyl (C=O) groups is 1. The van der Waals surface area contributed by atoms with Gasteiger partial charge >= 0.3 is 138 Å². The van der Waals surface area contributed by atoms with Gasteiger partial charge in [-0.3, -0.25) is 4.79 Å². The second-order valence-corrected chi connectivity index (χ2v) is 7.05. The zero-order valence-electron chi connectivity index (χ0n) is 16.3. The molecule has 1 saturated heterocycles. The first-order chi connectivity index (χ1) is 13.6. The molecule has 1 heterocycles. The molecule has 28 heavy (non-hydrogen) atoms. The van der Waals surface area contributed by atoms with Crippen LogP contribution in [0.25, 0.3) is 11.1 Å². The molecule has 1 aliphatic rings. The third-order valence-corrected chi connectivity index (χ3v) is 5.32. The average Bonchev–Trinajstić information content (AvgIpc) is 2.74. The first-order valence-electron chi connectivity index (χ1n) is 9.39. The van der Waals surface area contributed by atoms with Gasteiger partial charge in [-0.25, -0.2) is 0 Å². The Balaban J connectivity index is 1.53. The van der Waals surface area contributed by atoms with E-state index in [1.165, 1.54) is 0 Å². The molecule has 6 heteroatoms. The third kappa shape index (κ3) is 5.21. The topological polar surface area (TPSA) is 42.0 Å².